The van der Waals surface area contributed by atoms with Crippen molar-refractivity contribution in [3.8, 4) is 0 Å². The number of carbonyl (C=O) groups is 1. The van der Waals surface area contributed by atoms with Crippen LogP contribution in [-0.2, 0) is 9.53 Å². The highest BCUT2D eigenvalue weighted by atomic mass is 32.2. The number of ether oxygens (including phenoxy) is 1. The predicted molar refractivity (Wildman–Crippen MR) is 78.0 cm³/mol. The summed E-state index contributed by atoms with van der Waals surface area (Å²) < 4.78 is 4.90. The van der Waals surface area contributed by atoms with Crippen molar-refractivity contribution in [1.29, 1.82) is 0 Å². The van der Waals surface area contributed by atoms with Gasteiger partial charge in [0.2, 0.25) is 0 Å². The smallest absolute Gasteiger partial charge is 0.313 e. The lowest BCUT2D eigenvalue weighted by Crippen LogP contribution is -2.17. The quantitative estimate of drug-likeness (QED) is 0.704. The Bertz CT molecular complexity index is 351. The maximum atomic E-state index is 11.8. The molecule has 0 bridgehead atoms. The Balaban J connectivity index is 2.60. The third-order valence-corrected chi connectivity index (χ3v) is 4.45. The minimum atomic E-state index is -0.148. The number of hydrogen-bond acceptors (Lipinski definition) is 3. The van der Waals surface area contributed by atoms with E-state index in [9.17, 15) is 4.79 Å². The molecule has 2 nitrogen and oxygen atoms in total. The van der Waals surface area contributed by atoms with Crippen molar-refractivity contribution in [1.82, 2.24) is 0 Å². The lowest BCUT2D eigenvalue weighted by molar-refractivity contribution is -0.141. The van der Waals surface area contributed by atoms with Crippen molar-refractivity contribution in [3.63, 3.8) is 0 Å². The van der Waals surface area contributed by atoms with Crippen LogP contribution < -0.4 is 0 Å². The zero-order valence-electron chi connectivity index (χ0n) is 11.4. The van der Waals surface area contributed by atoms with Gasteiger partial charge in [0.15, 0.2) is 0 Å². The Morgan fingerprint density at radius 2 is 1.94 bits per heavy atom. The molecule has 0 saturated heterocycles. The van der Waals surface area contributed by atoms with Crippen LogP contribution in [0.25, 0.3) is 0 Å². The van der Waals surface area contributed by atoms with Crippen molar-refractivity contribution in [2.45, 2.75) is 26.2 Å². The first-order valence-electron chi connectivity index (χ1n) is 6.39. The number of methoxy groups -OCH3 is 1. The molecule has 0 amide bonds. The van der Waals surface area contributed by atoms with Crippen LogP contribution in [0.1, 0.15) is 31.7 Å². The summed E-state index contributed by atoms with van der Waals surface area (Å²) in [5.41, 5.74) is 1.04. The highest BCUT2D eigenvalue weighted by Gasteiger charge is 2.21. The van der Waals surface area contributed by atoms with Crippen LogP contribution in [0.5, 0.6) is 0 Å². The van der Waals surface area contributed by atoms with Gasteiger partial charge >= 0.3 is 5.97 Å². The van der Waals surface area contributed by atoms with Crippen LogP contribution in [0.15, 0.2) is 30.3 Å². The van der Waals surface area contributed by atoms with E-state index >= 15 is 0 Å². The molecule has 0 N–H and O–H groups in total. The van der Waals surface area contributed by atoms with Gasteiger partial charge in [-0.2, -0.15) is 11.8 Å². The number of thioether (sulfide) groups is 1. The van der Waals surface area contributed by atoms with Crippen LogP contribution in [0.2, 0.25) is 0 Å². The van der Waals surface area contributed by atoms with E-state index in [-0.39, 0.29) is 11.9 Å². The third-order valence-electron chi connectivity index (χ3n) is 3.07. The van der Waals surface area contributed by atoms with Gasteiger partial charge in [-0.05, 0) is 17.2 Å². The number of esters is 1. The monoisotopic (exact) mass is 266 g/mol. The summed E-state index contributed by atoms with van der Waals surface area (Å²) in [4.78, 5) is 11.8. The molecule has 0 heterocycles. The Morgan fingerprint density at radius 1 is 1.28 bits per heavy atom. The number of benzene rings is 1. The molecule has 18 heavy (non-hydrogen) atoms. The summed E-state index contributed by atoms with van der Waals surface area (Å²) in [6.45, 7) is 4.43. The molecule has 1 rings (SSSR count). The molecule has 100 valence electrons. The molecule has 0 aliphatic heterocycles. The van der Waals surface area contributed by atoms with E-state index in [0.29, 0.717) is 5.92 Å². The average Bonchev–Trinajstić information content (AvgIpc) is 2.43. The molecule has 3 heteroatoms. The first-order chi connectivity index (χ1) is 8.69. The second-order valence-corrected chi connectivity index (χ2v) is 5.61. The zero-order valence-corrected chi connectivity index (χ0v) is 12.2. The van der Waals surface area contributed by atoms with Crippen LogP contribution in [0, 0.1) is 5.92 Å². The van der Waals surface area contributed by atoms with Gasteiger partial charge in [-0.25, -0.2) is 0 Å². The Morgan fingerprint density at radius 3 is 2.50 bits per heavy atom. The summed E-state index contributed by atoms with van der Waals surface area (Å²) >= 11 is 1.83. The maximum absolute atomic E-state index is 11.8. The highest BCUT2D eigenvalue weighted by Crippen LogP contribution is 2.24. The van der Waals surface area contributed by atoms with Crippen LogP contribution in [-0.4, -0.2) is 24.6 Å². The van der Waals surface area contributed by atoms with E-state index in [1.54, 1.807) is 0 Å². The molecule has 0 aromatic heterocycles. The minimum Gasteiger partial charge on any atom is -0.469 e. The second kappa shape index (κ2) is 8.20. The molecule has 0 radical (unpaired) electrons. The standard InChI is InChI=1S/C15H22O2S/c1-4-12(2)10-18-11-14(15(16)17-3)13-8-6-5-7-9-13/h5-9,12,14H,4,10-11H2,1-3H3. The van der Waals surface area contributed by atoms with Crippen molar-refractivity contribution in [2.24, 2.45) is 5.92 Å². The van der Waals surface area contributed by atoms with E-state index < -0.39 is 0 Å². The molecular weight excluding hydrogens is 244 g/mol. The Kier molecular flexibility index (Phi) is 6.88. The lowest BCUT2D eigenvalue weighted by Gasteiger charge is -2.16. The molecule has 0 aliphatic carbocycles. The summed E-state index contributed by atoms with van der Waals surface area (Å²) in [7, 11) is 1.46. The second-order valence-electron chi connectivity index (χ2n) is 4.54. The molecule has 0 fully saturated rings. The molecule has 0 aliphatic rings. The van der Waals surface area contributed by atoms with Gasteiger partial charge in [0.05, 0.1) is 13.0 Å². The SMILES string of the molecule is CCC(C)CSCC(C(=O)OC)c1ccccc1. The van der Waals surface area contributed by atoms with E-state index in [2.05, 4.69) is 13.8 Å². The van der Waals surface area contributed by atoms with Crippen LogP contribution >= 0.6 is 11.8 Å². The first-order valence-corrected chi connectivity index (χ1v) is 7.55. The van der Waals surface area contributed by atoms with Gasteiger partial charge in [0.1, 0.15) is 0 Å². The average molecular weight is 266 g/mol. The Hall–Kier alpha value is -0.960. The Labute approximate surface area is 114 Å². The van der Waals surface area contributed by atoms with Crippen molar-refractivity contribution < 1.29 is 9.53 Å². The van der Waals surface area contributed by atoms with Crippen LogP contribution in [0.3, 0.4) is 0 Å². The van der Waals surface area contributed by atoms with E-state index in [1.165, 1.54) is 13.5 Å². The fourth-order valence-electron chi connectivity index (χ4n) is 1.63. The van der Waals surface area contributed by atoms with Crippen molar-refractivity contribution in [2.75, 3.05) is 18.6 Å². The molecule has 2 atom stereocenters. The summed E-state index contributed by atoms with van der Waals surface area (Å²) in [5.74, 6) is 2.30. The molecule has 0 saturated carbocycles. The van der Waals surface area contributed by atoms with Gasteiger partial charge in [0.25, 0.3) is 0 Å². The van der Waals surface area contributed by atoms with E-state index in [0.717, 1.165) is 17.1 Å². The fourth-order valence-corrected chi connectivity index (χ4v) is 2.97. The van der Waals surface area contributed by atoms with Gasteiger partial charge in [-0.15, -0.1) is 0 Å². The van der Waals surface area contributed by atoms with Gasteiger partial charge < -0.3 is 4.74 Å². The van der Waals surface area contributed by atoms with Crippen molar-refractivity contribution in [3.05, 3.63) is 35.9 Å². The largest absolute Gasteiger partial charge is 0.469 e. The summed E-state index contributed by atoms with van der Waals surface area (Å²) in [6.07, 6.45) is 1.18. The normalized spacial score (nSPS) is 13.9. The molecule has 2 unspecified atom stereocenters. The topological polar surface area (TPSA) is 26.3 Å². The summed E-state index contributed by atoms with van der Waals surface area (Å²) in [6, 6.07) is 9.87. The maximum Gasteiger partial charge on any atom is 0.313 e. The van der Waals surface area contributed by atoms with Gasteiger partial charge in [0, 0.05) is 5.75 Å². The molecular formula is C15H22O2S. The third kappa shape index (κ3) is 4.73. The number of carbonyl (C=O) groups excluding carboxylic acids is 1. The highest BCUT2D eigenvalue weighted by molar-refractivity contribution is 7.99. The lowest BCUT2D eigenvalue weighted by atomic mass is 10.0. The van der Waals surface area contributed by atoms with Gasteiger partial charge in [-0.1, -0.05) is 50.6 Å². The molecule has 1 aromatic rings. The van der Waals surface area contributed by atoms with Gasteiger partial charge in [-0.3, -0.25) is 4.79 Å². The van der Waals surface area contributed by atoms with E-state index in [4.69, 9.17) is 4.74 Å². The number of hydrogen-bond donors (Lipinski definition) is 0. The van der Waals surface area contributed by atoms with E-state index in [1.807, 2.05) is 42.1 Å². The van der Waals surface area contributed by atoms with Crippen molar-refractivity contribution >= 4 is 17.7 Å². The van der Waals surface area contributed by atoms with Crippen LogP contribution in [0.4, 0.5) is 0 Å². The molecule has 0 spiro atoms. The number of rotatable bonds is 7. The predicted octanol–water partition coefficient (Wildman–Crippen LogP) is 3.72. The first kappa shape index (κ1) is 15.1. The zero-order chi connectivity index (χ0) is 13.4. The molecule has 1 aromatic carbocycles. The fraction of sp³-hybridized carbons (Fsp3) is 0.533. The summed E-state index contributed by atoms with van der Waals surface area (Å²) in [5, 5.41) is 0. The minimum absolute atomic E-state index is 0.141.